The molecule has 0 bridgehead atoms. The lowest BCUT2D eigenvalue weighted by Gasteiger charge is -2.09. The normalized spacial score (nSPS) is 11.1. The molecule has 0 fully saturated rings. The lowest BCUT2D eigenvalue weighted by molar-refractivity contribution is 0.600. The van der Waals surface area contributed by atoms with E-state index in [1.54, 1.807) is 12.1 Å². The molecule has 0 aliphatic heterocycles. The number of benzene rings is 2. The van der Waals surface area contributed by atoms with Crippen molar-refractivity contribution in [1.29, 1.82) is 0 Å². The molecule has 0 aliphatic carbocycles. The first-order valence-electron chi connectivity index (χ1n) is 6.93. The standard InChI is InChI=1S/C16H20N2O2S/c1-3-12-21(19,20)18-16-10-8-15(9-11-16)17-14-6-4-13(2)5-7-14/h4-11,17-18H,3,12H2,1-2H3. The number of nitrogens with one attached hydrogen (secondary N) is 2. The van der Waals surface area contributed by atoms with Crippen LogP contribution in [0, 0.1) is 6.92 Å². The van der Waals surface area contributed by atoms with Gasteiger partial charge in [-0.2, -0.15) is 0 Å². The van der Waals surface area contributed by atoms with Crippen molar-refractivity contribution in [2.45, 2.75) is 20.3 Å². The van der Waals surface area contributed by atoms with E-state index in [9.17, 15) is 8.42 Å². The smallest absolute Gasteiger partial charge is 0.232 e. The van der Waals surface area contributed by atoms with Gasteiger partial charge in [0.05, 0.1) is 5.75 Å². The third kappa shape index (κ3) is 4.79. The zero-order chi connectivity index (χ0) is 15.3. The number of rotatable bonds is 6. The van der Waals surface area contributed by atoms with Gasteiger partial charge in [-0.1, -0.05) is 24.6 Å². The lowest BCUT2D eigenvalue weighted by atomic mass is 10.2. The highest BCUT2D eigenvalue weighted by Gasteiger charge is 2.08. The molecular weight excluding hydrogens is 284 g/mol. The summed E-state index contributed by atoms with van der Waals surface area (Å²) < 4.78 is 25.9. The largest absolute Gasteiger partial charge is 0.356 e. The molecule has 0 aromatic heterocycles. The van der Waals surface area contributed by atoms with Crippen molar-refractivity contribution < 1.29 is 8.42 Å². The highest BCUT2D eigenvalue weighted by Crippen LogP contribution is 2.20. The van der Waals surface area contributed by atoms with Crippen molar-refractivity contribution in [1.82, 2.24) is 0 Å². The molecule has 2 aromatic carbocycles. The molecule has 0 atom stereocenters. The Hall–Kier alpha value is -2.01. The van der Waals surface area contributed by atoms with E-state index in [4.69, 9.17) is 0 Å². The van der Waals surface area contributed by atoms with E-state index < -0.39 is 10.0 Å². The zero-order valence-corrected chi connectivity index (χ0v) is 13.1. The Bertz CT molecular complexity index is 677. The molecule has 0 saturated carbocycles. The summed E-state index contributed by atoms with van der Waals surface area (Å²) in [5, 5.41) is 3.27. The highest BCUT2D eigenvalue weighted by atomic mass is 32.2. The van der Waals surface area contributed by atoms with Crippen LogP contribution < -0.4 is 10.0 Å². The fourth-order valence-electron chi connectivity index (χ4n) is 1.92. The van der Waals surface area contributed by atoms with Gasteiger partial charge in [0.25, 0.3) is 0 Å². The molecular formula is C16H20N2O2S. The molecule has 112 valence electrons. The van der Waals surface area contributed by atoms with Gasteiger partial charge in [0, 0.05) is 17.1 Å². The number of hydrogen-bond acceptors (Lipinski definition) is 3. The maximum atomic E-state index is 11.7. The molecule has 0 heterocycles. The molecule has 0 aliphatic rings. The Kier molecular flexibility index (Phi) is 4.85. The molecule has 21 heavy (non-hydrogen) atoms. The first kappa shape index (κ1) is 15.4. The van der Waals surface area contributed by atoms with E-state index in [1.807, 2.05) is 50.2 Å². The molecule has 2 N–H and O–H groups in total. The van der Waals surface area contributed by atoms with Gasteiger partial charge in [-0.15, -0.1) is 0 Å². The van der Waals surface area contributed by atoms with Crippen LogP contribution in [-0.2, 0) is 10.0 Å². The molecule has 0 saturated heterocycles. The van der Waals surface area contributed by atoms with Crippen LogP contribution in [0.2, 0.25) is 0 Å². The van der Waals surface area contributed by atoms with Gasteiger partial charge < -0.3 is 5.32 Å². The van der Waals surface area contributed by atoms with Crippen LogP contribution in [0.1, 0.15) is 18.9 Å². The predicted octanol–water partition coefficient (Wildman–Crippen LogP) is 3.89. The Labute approximate surface area is 126 Å². The minimum Gasteiger partial charge on any atom is -0.356 e. The quantitative estimate of drug-likeness (QED) is 0.851. The second-order valence-corrected chi connectivity index (χ2v) is 6.83. The summed E-state index contributed by atoms with van der Waals surface area (Å²) >= 11 is 0. The number of anilines is 3. The van der Waals surface area contributed by atoms with Crippen LogP contribution in [0.15, 0.2) is 48.5 Å². The van der Waals surface area contributed by atoms with Crippen molar-refractivity contribution in [3.63, 3.8) is 0 Å². The van der Waals surface area contributed by atoms with Gasteiger partial charge in [0.15, 0.2) is 0 Å². The van der Waals surface area contributed by atoms with Crippen LogP contribution >= 0.6 is 0 Å². The molecule has 5 heteroatoms. The van der Waals surface area contributed by atoms with Crippen LogP contribution in [0.5, 0.6) is 0 Å². The minimum absolute atomic E-state index is 0.135. The summed E-state index contributed by atoms with van der Waals surface area (Å²) in [6.07, 6.45) is 0.600. The molecule has 4 nitrogen and oxygen atoms in total. The highest BCUT2D eigenvalue weighted by molar-refractivity contribution is 7.92. The zero-order valence-electron chi connectivity index (χ0n) is 12.3. The number of hydrogen-bond donors (Lipinski definition) is 2. The van der Waals surface area contributed by atoms with Crippen molar-refractivity contribution in [3.05, 3.63) is 54.1 Å². The van der Waals surface area contributed by atoms with E-state index in [1.165, 1.54) is 5.56 Å². The Morgan fingerprint density at radius 3 is 1.86 bits per heavy atom. The molecule has 0 unspecified atom stereocenters. The van der Waals surface area contributed by atoms with Gasteiger partial charge in [-0.3, -0.25) is 4.72 Å². The first-order chi connectivity index (χ1) is 9.98. The van der Waals surface area contributed by atoms with Gasteiger partial charge in [-0.25, -0.2) is 8.42 Å². The van der Waals surface area contributed by atoms with E-state index in [-0.39, 0.29) is 5.75 Å². The molecule has 0 spiro atoms. The van der Waals surface area contributed by atoms with Gasteiger partial charge in [-0.05, 0) is 49.7 Å². The first-order valence-corrected chi connectivity index (χ1v) is 8.58. The van der Waals surface area contributed by atoms with Gasteiger partial charge in [0.2, 0.25) is 10.0 Å². The SMILES string of the molecule is CCCS(=O)(=O)Nc1ccc(Nc2ccc(C)cc2)cc1. The molecule has 2 aromatic rings. The van der Waals surface area contributed by atoms with Gasteiger partial charge >= 0.3 is 0 Å². The Balaban J connectivity index is 2.03. The third-order valence-electron chi connectivity index (χ3n) is 2.97. The number of sulfonamides is 1. The lowest BCUT2D eigenvalue weighted by Crippen LogP contribution is -2.15. The topological polar surface area (TPSA) is 58.2 Å². The summed E-state index contributed by atoms with van der Waals surface area (Å²) in [6, 6.07) is 15.3. The van der Waals surface area contributed by atoms with E-state index >= 15 is 0 Å². The van der Waals surface area contributed by atoms with Crippen LogP contribution in [0.25, 0.3) is 0 Å². The molecule has 2 rings (SSSR count). The summed E-state index contributed by atoms with van der Waals surface area (Å²) in [5.74, 6) is 0.135. The average Bonchev–Trinajstić information content (AvgIpc) is 2.43. The molecule has 0 amide bonds. The monoisotopic (exact) mass is 304 g/mol. The van der Waals surface area contributed by atoms with Crippen molar-refractivity contribution in [2.75, 3.05) is 15.8 Å². The summed E-state index contributed by atoms with van der Waals surface area (Å²) in [5.41, 5.74) is 3.70. The second-order valence-electron chi connectivity index (χ2n) is 4.99. The van der Waals surface area contributed by atoms with E-state index in [0.717, 1.165) is 11.4 Å². The Morgan fingerprint density at radius 1 is 0.857 bits per heavy atom. The Morgan fingerprint density at radius 2 is 1.33 bits per heavy atom. The van der Waals surface area contributed by atoms with Crippen molar-refractivity contribution >= 4 is 27.1 Å². The van der Waals surface area contributed by atoms with Crippen molar-refractivity contribution in [2.24, 2.45) is 0 Å². The average molecular weight is 304 g/mol. The van der Waals surface area contributed by atoms with E-state index in [0.29, 0.717) is 12.1 Å². The van der Waals surface area contributed by atoms with Crippen LogP contribution in [0.4, 0.5) is 17.1 Å². The fourth-order valence-corrected chi connectivity index (χ4v) is 3.06. The van der Waals surface area contributed by atoms with Crippen LogP contribution in [-0.4, -0.2) is 14.2 Å². The minimum atomic E-state index is -3.23. The van der Waals surface area contributed by atoms with E-state index in [2.05, 4.69) is 10.0 Å². The predicted molar refractivity (Wildman–Crippen MR) is 88.6 cm³/mol. The third-order valence-corrected chi connectivity index (χ3v) is 4.46. The molecule has 0 radical (unpaired) electrons. The summed E-state index contributed by atoms with van der Waals surface area (Å²) in [6.45, 7) is 3.88. The maximum absolute atomic E-state index is 11.7. The second kappa shape index (κ2) is 6.63. The van der Waals surface area contributed by atoms with Gasteiger partial charge in [0.1, 0.15) is 0 Å². The van der Waals surface area contributed by atoms with Crippen molar-refractivity contribution in [3.8, 4) is 0 Å². The summed E-state index contributed by atoms with van der Waals surface area (Å²) in [4.78, 5) is 0. The van der Waals surface area contributed by atoms with Crippen LogP contribution in [0.3, 0.4) is 0 Å². The summed E-state index contributed by atoms with van der Waals surface area (Å²) in [7, 11) is -3.23. The fraction of sp³-hybridized carbons (Fsp3) is 0.250. The number of aryl methyl sites for hydroxylation is 1. The maximum Gasteiger partial charge on any atom is 0.232 e.